The molecule has 0 saturated heterocycles. The number of hydroxylamine groups is 2. The quantitative estimate of drug-likeness (QED) is 0.456. The van der Waals surface area contributed by atoms with Crippen molar-refractivity contribution >= 4 is 6.09 Å². The SMILES string of the molecule is C=C[C@@H]1C=CC=C[C@H]1N(O)C(=O)OC(C)(C)C. The van der Waals surface area contributed by atoms with Gasteiger partial charge in [-0.25, -0.2) is 4.79 Å². The Morgan fingerprint density at radius 3 is 2.53 bits per heavy atom. The van der Waals surface area contributed by atoms with E-state index in [4.69, 9.17) is 4.74 Å². The Bertz CT molecular complexity index is 352. The highest BCUT2D eigenvalue weighted by molar-refractivity contribution is 5.67. The molecule has 0 aromatic rings. The van der Waals surface area contributed by atoms with Gasteiger partial charge in [0.25, 0.3) is 0 Å². The van der Waals surface area contributed by atoms with E-state index in [9.17, 15) is 10.0 Å². The normalized spacial score (nSPS) is 23.3. The monoisotopic (exact) mass is 237 g/mol. The maximum absolute atomic E-state index is 11.7. The molecule has 1 aliphatic carbocycles. The van der Waals surface area contributed by atoms with Crippen molar-refractivity contribution in [3.05, 3.63) is 37.0 Å². The third kappa shape index (κ3) is 3.75. The summed E-state index contributed by atoms with van der Waals surface area (Å²) in [6.45, 7) is 8.93. The van der Waals surface area contributed by atoms with E-state index < -0.39 is 17.7 Å². The van der Waals surface area contributed by atoms with Gasteiger partial charge in [0.05, 0.1) is 6.04 Å². The largest absolute Gasteiger partial charge is 0.442 e. The molecular weight excluding hydrogens is 218 g/mol. The standard InChI is InChI=1S/C13H19NO3/c1-5-10-8-6-7-9-11(10)14(16)12(15)17-13(2,3)4/h5-11,16H,1H2,2-4H3/t10-,11-/m1/s1. The zero-order valence-electron chi connectivity index (χ0n) is 10.5. The molecular formula is C13H19NO3. The van der Waals surface area contributed by atoms with Crippen LogP contribution in [0.2, 0.25) is 0 Å². The number of allylic oxidation sites excluding steroid dienone is 2. The minimum atomic E-state index is -0.755. The summed E-state index contributed by atoms with van der Waals surface area (Å²) < 4.78 is 5.09. The maximum Gasteiger partial charge on any atom is 0.434 e. The van der Waals surface area contributed by atoms with Crippen molar-refractivity contribution in [3.8, 4) is 0 Å². The predicted molar refractivity (Wildman–Crippen MR) is 65.6 cm³/mol. The molecule has 0 aliphatic heterocycles. The molecule has 4 nitrogen and oxygen atoms in total. The highest BCUT2D eigenvalue weighted by Crippen LogP contribution is 2.20. The van der Waals surface area contributed by atoms with E-state index in [1.807, 2.05) is 12.2 Å². The highest BCUT2D eigenvalue weighted by Gasteiger charge is 2.29. The lowest BCUT2D eigenvalue weighted by atomic mass is 9.95. The maximum atomic E-state index is 11.7. The van der Waals surface area contributed by atoms with E-state index >= 15 is 0 Å². The average molecular weight is 237 g/mol. The topological polar surface area (TPSA) is 49.8 Å². The number of carbonyl (C=O) groups is 1. The van der Waals surface area contributed by atoms with E-state index in [-0.39, 0.29) is 5.92 Å². The summed E-state index contributed by atoms with van der Waals surface area (Å²) in [6, 6.07) is -0.465. The van der Waals surface area contributed by atoms with Crippen molar-refractivity contribution in [2.75, 3.05) is 0 Å². The molecule has 17 heavy (non-hydrogen) atoms. The number of amides is 1. The molecule has 2 atom stereocenters. The highest BCUT2D eigenvalue weighted by atomic mass is 16.6. The number of nitrogens with zero attached hydrogens (tertiary/aromatic N) is 1. The van der Waals surface area contributed by atoms with E-state index in [1.165, 1.54) is 0 Å². The summed E-state index contributed by atoms with van der Waals surface area (Å²) in [5.74, 6) is -0.113. The van der Waals surface area contributed by atoms with Gasteiger partial charge in [0.15, 0.2) is 0 Å². The van der Waals surface area contributed by atoms with Crippen molar-refractivity contribution in [2.24, 2.45) is 5.92 Å². The van der Waals surface area contributed by atoms with Crippen molar-refractivity contribution in [1.82, 2.24) is 5.06 Å². The van der Waals surface area contributed by atoms with E-state index in [2.05, 4.69) is 6.58 Å². The first-order valence-corrected chi connectivity index (χ1v) is 5.54. The molecule has 1 amide bonds. The van der Waals surface area contributed by atoms with Crippen LogP contribution in [-0.4, -0.2) is 28.0 Å². The summed E-state index contributed by atoms with van der Waals surface area (Å²) in [7, 11) is 0. The number of carbonyl (C=O) groups excluding carboxylic acids is 1. The van der Waals surface area contributed by atoms with Gasteiger partial charge in [-0.05, 0) is 20.8 Å². The first-order chi connectivity index (χ1) is 7.85. The molecule has 0 fully saturated rings. The molecule has 0 aromatic heterocycles. The first kappa shape index (κ1) is 13.5. The van der Waals surface area contributed by atoms with Crippen LogP contribution in [0.4, 0.5) is 4.79 Å². The molecule has 0 radical (unpaired) electrons. The van der Waals surface area contributed by atoms with Crippen LogP contribution in [0.25, 0.3) is 0 Å². The Morgan fingerprint density at radius 2 is 2.00 bits per heavy atom. The van der Waals surface area contributed by atoms with Gasteiger partial charge in [-0.2, -0.15) is 5.06 Å². The number of ether oxygens (including phenoxy) is 1. The predicted octanol–water partition coefficient (Wildman–Crippen LogP) is 2.91. The van der Waals surface area contributed by atoms with Crippen LogP contribution >= 0.6 is 0 Å². The molecule has 0 aromatic carbocycles. The van der Waals surface area contributed by atoms with Crippen LogP contribution < -0.4 is 0 Å². The molecule has 0 saturated carbocycles. The zero-order valence-corrected chi connectivity index (χ0v) is 10.5. The van der Waals surface area contributed by atoms with Gasteiger partial charge in [-0.15, -0.1) is 6.58 Å². The fourth-order valence-corrected chi connectivity index (χ4v) is 1.51. The van der Waals surface area contributed by atoms with Crippen molar-refractivity contribution in [1.29, 1.82) is 0 Å². The summed E-state index contributed by atoms with van der Waals surface area (Å²) >= 11 is 0. The fourth-order valence-electron chi connectivity index (χ4n) is 1.51. The Morgan fingerprint density at radius 1 is 1.41 bits per heavy atom. The van der Waals surface area contributed by atoms with Gasteiger partial charge in [-0.3, -0.25) is 5.21 Å². The van der Waals surface area contributed by atoms with E-state index in [1.54, 1.807) is 39.0 Å². The van der Waals surface area contributed by atoms with Gasteiger partial charge in [0.2, 0.25) is 0 Å². The number of rotatable bonds is 2. The van der Waals surface area contributed by atoms with Crippen molar-refractivity contribution in [2.45, 2.75) is 32.4 Å². The molecule has 4 heteroatoms. The van der Waals surface area contributed by atoms with Crippen LogP contribution in [-0.2, 0) is 4.74 Å². The molecule has 1 N–H and O–H groups in total. The molecule has 0 spiro atoms. The van der Waals surface area contributed by atoms with Gasteiger partial charge in [0, 0.05) is 5.92 Å². The lowest BCUT2D eigenvalue weighted by molar-refractivity contribution is -0.114. The third-order valence-electron chi connectivity index (χ3n) is 2.28. The molecule has 0 unspecified atom stereocenters. The lowest BCUT2D eigenvalue weighted by Gasteiger charge is -2.30. The summed E-state index contributed by atoms with van der Waals surface area (Å²) in [6.07, 6.45) is 8.15. The van der Waals surface area contributed by atoms with Crippen LogP contribution in [0.15, 0.2) is 37.0 Å². The summed E-state index contributed by atoms with van der Waals surface area (Å²) in [4.78, 5) is 11.7. The number of hydrogen-bond donors (Lipinski definition) is 1. The second-order valence-corrected chi connectivity index (χ2v) is 4.90. The second-order valence-electron chi connectivity index (χ2n) is 4.90. The van der Waals surface area contributed by atoms with Crippen LogP contribution in [0.3, 0.4) is 0 Å². The average Bonchev–Trinajstić information content (AvgIpc) is 2.25. The molecule has 0 heterocycles. The Hall–Kier alpha value is -1.55. The van der Waals surface area contributed by atoms with Crippen LogP contribution in [0, 0.1) is 5.92 Å². The van der Waals surface area contributed by atoms with E-state index in [0.29, 0.717) is 5.06 Å². The fraction of sp³-hybridized carbons (Fsp3) is 0.462. The molecule has 1 aliphatic rings. The Labute approximate surface area is 102 Å². The Balaban J connectivity index is 2.72. The third-order valence-corrected chi connectivity index (χ3v) is 2.28. The zero-order chi connectivity index (χ0) is 13.1. The van der Waals surface area contributed by atoms with E-state index in [0.717, 1.165) is 0 Å². The minimum Gasteiger partial charge on any atom is -0.442 e. The number of hydrogen-bond acceptors (Lipinski definition) is 3. The molecule has 94 valence electrons. The first-order valence-electron chi connectivity index (χ1n) is 5.54. The molecule has 0 bridgehead atoms. The summed E-state index contributed by atoms with van der Waals surface area (Å²) in [5, 5.41) is 10.4. The second kappa shape index (κ2) is 5.19. The van der Waals surface area contributed by atoms with Gasteiger partial charge < -0.3 is 4.74 Å². The van der Waals surface area contributed by atoms with Crippen LogP contribution in [0.5, 0.6) is 0 Å². The Kier molecular flexibility index (Phi) is 4.12. The van der Waals surface area contributed by atoms with Gasteiger partial charge in [-0.1, -0.05) is 30.4 Å². The lowest BCUT2D eigenvalue weighted by Crippen LogP contribution is -2.43. The van der Waals surface area contributed by atoms with Crippen molar-refractivity contribution in [3.63, 3.8) is 0 Å². The minimum absolute atomic E-state index is 0.113. The van der Waals surface area contributed by atoms with Gasteiger partial charge >= 0.3 is 6.09 Å². The van der Waals surface area contributed by atoms with Crippen molar-refractivity contribution < 1.29 is 14.7 Å². The van der Waals surface area contributed by atoms with Gasteiger partial charge in [0.1, 0.15) is 5.60 Å². The van der Waals surface area contributed by atoms with Crippen LogP contribution in [0.1, 0.15) is 20.8 Å². The smallest absolute Gasteiger partial charge is 0.434 e. The molecule has 1 rings (SSSR count). The summed E-state index contributed by atoms with van der Waals surface area (Å²) in [5.41, 5.74) is -0.629.